The highest BCUT2D eigenvalue weighted by atomic mass is 16.3. The summed E-state index contributed by atoms with van der Waals surface area (Å²) in [5, 5.41) is 0. The standard InChI is InChI=1S/C12H19NO/c1-9-4-2-3-5-11(9)12(13)10-6-7-14-8-10/h6-9,11-12H,2-5,13H2,1H3. The molecule has 1 fully saturated rings. The Morgan fingerprint density at radius 1 is 1.43 bits per heavy atom. The lowest BCUT2D eigenvalue weighted by atomic mass is 9.75. The van der Waals surface area contributed by atoms with Gasteiger partial charge in [-0.25, -0.2) is 0 Å². The Morgan fingerprint density at radius 3 is 2.86 bits per heavy atom. The monoisotopic (exact) mass is 193 g/mol. The van der Waals surface area contributed by atoms with Gasteiger partial charge in [0.2, 0.25) is 0 Å². The lowest BCUT2D eigenvalue weighted by Crippen LogP contribution is -2.28. The Kier molecular flexibility index (Phi) is 2.92. The first-order valence-corrected chi connectivity index (χ1v) is 5.56. The van der Waals surface area contributed by atoms with Crippen LogP contribution in [0.4, 0.5) is 0 Å². The molecule has 1 aromatic heterocycles. The van der Waals surface area contributed by atoms with E-state index in [1.807, 2.05) is 6.07 Å². The molecular weight excluding hydrogens is 174 g/mol. The van der Waals surface area contributed by atoms with Crippen LogP contribution in [0.1, 0.15) is 44.2 Å². The minimum atomic E-state index is 0.170. The molecule has 0 aliphatic heterocycles. The van der Waals surface area contributed by atoms with Gasteiger partial charge in [-0.1, -0.05) is 26.2 Å². The molecule has 0 radical (unpaired) electrons. The molecule has 2 heteroatoms. The van der Waals surface area contributed by atoms with Gasteiger partial charge in [-0.2, -0.15) is 0 Å². The first kappa shape index (κ1) is 9.78. The van der Waals surface area contributed by atoms with Crippen molar-refractivity contribution in [3.05, 3.63) is 24.2 Å². The van der Waals surface area contributed by atoms with E-state index in [2.05, 4.69) is 6.92 Å². The second-order valence-corrected chi connectivity index (χ2v) is 4.51. The Hall–Kier alpha value is -0.760. The topological polar surface area (TPSA) is 39.2 Å². The van der Waals surface area contributed by atoms with Crippen LogP contribution in [0.2, 0.25) is 0 Å². The third-order valence-electron chi connectivity index (χ3n) is 3.57. The van der Waals surface area contributed by atoms with Crippen LogP contribution >= 0.6 is 0 Å². The van der Waals surface area contributed by atoms with Gasteiger partial charge in [0.25, 0.3) is 0 Å². The Labute approximate surface area is 85.5 Å². The summed E-state index contributed by atoms with van der Waals surface area (Å²) in [7, 11) is 0. The third kappa shape index (κ3) is 1.85. The van der Waals surface area contributed by atoms with E-state index in [9.17, 15) is 0 Å². The molecule has 1 saturated carbocycles. The van der Waals surface area contributed by atoms with Crippen molar-refractivity contribution in [2.45, 2.75) is 38.6 Å². The zero-order valence-electron chi connectivity index (χ0n) is 8.78. The van der Waals surface area contributed by atoms with Gasteiger partial charge in [-0.15, -0.1) is 0 Å². The Balaban J connectivity index is 2.06. The highest BCUT2D eigenvalue weighted by Crippen LogP contribution is 2.37. The van der Waals surface area contributed by atoms with E-state index in [4.69, 9.17) is 10.2 Å². The molecule has 0 spiro atoms. The molecule has 1 aliphatic rings. The first-order valence-electron chi connectivity index (χ1n) is 5.56. The van der Waals surface area contributed by atoms with Gasteiger partial charge in [0.1, 0.15) is 0 Å². The van der Waals surface area contributed by atoms with Crippen molar-refractivity contribution in [1.82, 2.24) is 0 Å². The fourth-order valence-corrected chi connectivity index (χ4v) is 2.59. The smallest absolute Gasteiger partial charge is 0.0950 e. The molecule has 0 aromatic carbocycles. The quantitative estimate of drug-likeness (QED) is 0.783. The van der Waals surface area contributed by atoms with Gasteiger partial charge in [0.15, 0.2) is 0 Å². The van der Waals surface area contributed by atoms with Gasteiger partial charge in [-0.05, 0) is 24.3 Å². The summed E-state index contributed by atoms with van der Waals surface area (Å²) >= 11 is 0. The van der Waals surface area contributed by atoms with Crippen LogP contribution in [0.3, 0.4) is 0 Å². The second kappa shape index (κ2) is 4.18. The summed E-state index contributed by atoms with van der Waals surface area (Å²) in [6.07, 6.45) is 8.80. The van der Waals surface area contributed by atoms with Crippen molar-refractivity contribution >= 4 is 0 Å². The number of nitrogens with two attached hydrogens (primary N) is 1. The van der Waals surface area contributed by atoms with Crippen molar-refractivity contribution in [2.75, 3.05) is 0 Å². The summed E-state index contributed by atoms with van der Waals surface area (Å²) in [6.45, 7) is 2.32. The number of furan rings is 1. The number of hydrogen-bond donors (Lipinski definition) is 1. The fraction of sp³-hybridized carbons (Fsp3) is 0.667. The average Bonchev–Trinajstić information content (AvgIpc) is 2.70. The highest BCUT2D eigenvalue weighted by molar-refractivity contribution is 5.12. The minimum absolute atomic E-state index is 0.170. The molecule has 0 saturated heterocycles. The molecule has 3 atom stereocenters. The first-order chi connectivity index (χ1) is 6.79. The Morgan fingerprint density at radius 2 is 2.21 bits per heavy atom. The maximum absolute atomic E-state index is 6.24. The largest absolute Gasteiger partial charge is 0.472 e. The summed E-state index contributed by atoms with van der Waals surface area (Å²) in [4.78, 5) is 0. The molecule has 2 N–H and O–H groups in total. The lowest BCUT2D eigenvalue weighted by molar-refractivity contribution is 0.218. The zero-order chi connectivity index (χ0) is 9.97. The van der Waals surface area contributed by atoms with E-state index < -0.39 is 0 Å². The van der Waals surface area contributed by atoms with Crippen molar-refractivity contribution < 1.29 is 4.42 Å². The van der Waals surface area contributed by atoms with Gasteiger partial charge in [-0.3, -0.25) is 0 Å². The predicted molar refractivity (Wildman–Crippen MR) is 56.8 cm³/mol. The molecule has 1 aliphatic carbocycles. The summed E-state index contributed by atoms with van der Waals surface area (Å²) in [6, 6.07) is 2.16. The fourth-order valence-electron chi connectivity index (χ4n) is 2.59. The van der Waals surface area contributed by atoms with Crippen LogP contribution in [-0.4, -0.2) is 0 Å². The molecular formula is C12H19NO. The molecule has 1 heterocycles. The molecule has 0 bridgehead atoms. The lowest BCUT2D eigenvalue weighted by Gasteiger charge is -2.32. The van der Waals surface area contributed by atoms with E-state index in [-0.39, 0.29) is 6.04 Å². The van der Waals surface area contributed by atoms with Crippen molar-refractivity contribution in [3.8, 4) is 0 Å². The maximum Gasteiger partial charge on any atom is 0.0950 e. The maximum atomic E-state index is 6.24. The zero-order valence-corrected chi connectivity index (χ0v) is 8.78. The predicted octanol–water partition coefficient (Wildman–Crippen LogP) is 3.11. The molecule has 2 rings (SSSR count). The van der Waals surface area contributed by atoms with Gasteiger partial charge >= 0.3 is 0 Å². The van der Waals surface area contributed by atoms with Crippen LogP contribution in [0.5, 0.6) is 0 Å². The number of rotatable bonds is 2. The molecule has 2 nitrogen and oxygen atoms in total. The molecule has 78 valence electrons. The van der Waals surface area contributed by atoms with Gasteiger partial charge < -0.3 is 10.2 Å². The second-order valence-electron chi connectivity index (χ2n) is 4.51. The molecule has 3 unspecified atom stereocenters. The van der Waals surface area contributed by atoms with Crippen LogP contribution in [0.25, 0.3) is 0 Å². The summed E-state index contributed by atoms with van der Waals surface area (Å²) < 4.78 is 5.08. The van der Waals surface area contributed by atoms with E-state index in [0.29, 0.717) is 5.92 Å². The van der Waals surface area contributed by atoms with Crippen LogP contribution < -0.4 is 5.73 Å². The summed E-state index contributed by atoms with van der Waals surface area (Å²) in [5.41, 5.74) is 7.40. The highest BCUT2D eigenvalue weighted by Gasteiger charge is 2.28. The minimum Gasteiger partial charge on any atom is -0.472 e. The van der Waals surface area contributed by atoms with E-state index in [1.165, 1.54) is 25.7 Å². The van der Waals surface area contributed by atoms with Gasteiger partial charge in [0, 0.05) is 11.6 Å². The normalized spacial score (nSPS) is 30.1. The Bertz CT molecular complexity index is 268. The number of hydrogen-bond acceptors (Lipinski definition) is 2. The summed E-state index contributed by atoms with van der Waals surface area (Å²) in [5.74, 6) is 1.40. The van der Waals surface area contributed by atoms with Crippen LogP contribution in [0.15, 0.2) is 23.0 Å². The van der Waals surface area contributed by atoms with E-state index in [1.54, 1.807) is 12.5 Å². The van der Waals surface area contributed by atoms with E-state index in [0.717, 1.165) is 11.5 Å². The van der Waals surface area contributed by atoms with E-state index >= 15 is 0 Å². The van der Waals surface area contributed by atoms with Crippen molar-refractivity contribution in [3.63, 3.8) is 0 Å². The van der Waals surface area contributed by atoms with Crippen molar-refractivity contribution in [2.24, 2.45) is 17.6 Å². The van der Waals surface area contributed by atoms with Crippen LogP contribution in [0, 0.1) is 11.8 Å². The molecule has 1 aromatic rings. The van der Waals surface area contributed by atoms with Gasteiger partial charge in [0.05, 0.1) is 12.5 Å². The average molecular weight is 193 g/mol. The third-order valence-corrected chi connectivity index (χ3v) is 3.57. The molecule has 14 heavy (non-hydrogen) atoms. The van der Waals surface area contributed by atoms with Crippen molar-refractivity contribution in [1.29, 1.82) is 0 Å². The van der Waals surface area contributed by atoms with Crippen LogP contribution in [-0.2, 0) is 0 Å². The SMILES string of the molecule is CC1CCCCC1C(N)c1ccoc1. The molecule has 0 amide bonds.